The van der Waals surface area contributed by atoms with E-state index in [1.807, 2.05) is 0 Å². The van der Waals surface area contributed by atoms with Crippen molar-refractivity contribution in [1.29, 1.82) is 0 Å². The topological polar surface area (TPSA) is 48.0 Å². The molecule has 0 bridgehead atoms. The first kappa shape index (κ1) is 18.2. The average Bonchev–Trinajstić information content (AvgIpc) is 2.46. The van der Waals surface area contributed by atoms with Crippen LogP contribution in [0.5, 0.6) is 5.75 Å². The van der Waals surface area contributed by atoms with Gasteiger partial charge in [-0.1, -0.05) is 27.5 Å². The molecule has 0 aromatic heterocycles. The van der Waals surface area contributed by atoms with Crippen molar-refractivity contribution < 1.29 is 19.0 Å². The molecule has 1 aromatic carbocycles. The molecule has 0 aliphatic heterocycles. The summed E-state index contributed by atoms with van der Waals surface area (Å²) in [7, 11) is 3.19. The Morgan fingerprint density at radius 3 is 2.38 bits per heavy atom. The number of methoxy groups -OCH3 is 2. The molecule has 0 unspecified atom stereocenters. The molecular formula is C14H19BrClNO4. The van der Waals surface area contributed by atoms with Crippen LogP contribution in [0.1, 0.15) is 0 Å². The minimum Gasteiger partial charge on any atom is -0.482 e. The lowest BCUT2D eigenvalue weighted by Gasteiger charge is -2.22. The van der Waals surface area contributed by atoms with Gasteiger partial charge in [-0.25, -0.2) is 0 Å². The SMILES string of the molecule is COCCN(CCOC)C(=O)COc1ccc(Br)cc1Cl. The fraction of sp³-hybridized carbons (Fsp3) is 0.500. The second-order valence-corrected chi connectivity index (χ2v) is 5.55. The Morgan fingerprint density at radius 2 is 1.86 bits per heavy atom. The number of carbonyl (C=O) groups excluding carboxylic acids is 1. The van der Waals surface area contributed by atoms with Gasteiger partial charge >= 0.3 is 0 Å². The number of benzene rings is 1. The van der Waals surface area contributed by atoms with Crippen molar-refractivity contribution >= 4 is 33.4 Å². The Labute approximate surface area is 138 Å². The number of hydrogen-bond donors (Lipinski definition) is 0. The predicted molar refractivity (Wildman–Crippen MR) is 85.0 cm³/mol. The first-order valence-electron chi connectivity index (χ1n) is 6.42. The number of amides is 1. The van der Waals surface area contributed by atoms with Crippen LogP contribution < -0.4 is 4.74 Å². The first-order chi connectivity index (χ1) is 10.1. The highest BCUT2D eigenvalue weighted by atomic mass is 79.9. The van der Waals surface area contributed by atoms with Crippen molar-refractivity contribution in [3.05, 3.63) is 27.7 Å². The standard InChI is InChI=1S/C14H19BrClNO4/c1-19-7-5-17(6-8-20-2)14(18)10-21-13-4-3-11(15)9-12(13)16/h3-4,9H,5-8,10H2,1-2H3. The summed E-state index contributed by atoms with van der Waals surface area (Å²) < 4.78 is 16.3. The van der Waals surface area contributed by atoms with Crippen molar-refractivity contribution in [3.63, 3.8) is 0 Å². The van der Waals surface area contributed by atoms with Crippen LogP contribution in [0.25, 0.3) is 0 Å². The zero-order valence-electron chi connectivity index (χ0n) is 12.1. The first-order valence-corrected chi connectivity index (χ1v) is 7.59. The number of carbonyl (C=O) groups is 1. The summed E-state index contributed by atoms with van der Waals surface area (Å²) in [5.41, 5.74) is 0. The summed E-state index contributed by atoms with van der Waals surface area (Å²) in [5.74, 6) is 0.342. The number of nitrogens with zero attached hydrogens (tertiary/aromatic N) is 1. The lowest BCUT2D eigenvalue weighted by Crippen LogP contribution is -2.39. The number of hydrogen-bond acceptors (Lipinski definition) is 4. The zero-order valence-corrected chi connectivity index (χ0v) is 14.4. The Hall–Kier alpha value is -0.820. The lowest BCUT2D eigenvalue weighted by molar-refractivity contribution is -0.134. The Balaban J connectivity index is 2.55. The summed E-state index contributed by atoms with van der Waals surface area (Å²) in [6.45, 7) is 1.85. The molecule has 7 heteroatoms. The third kappa shape index (κ3) is 6.65. The van der Waals surface area contributed by atoms with Gasteiger partial charge in [0, 0.05) is 31.8 Å². The maximum Gasteiger partial charge on any atom is 0.260 e. The van der Waals surface area contributed by atoms with Crippen molar-refractivity contribution in [2.24, 2.45) is 0 Å². The fourth-order valence-corrected chi connectivity index (χ4v) is 2.32. The van der Waals surface area contributed by atoms with Crippen LogP contribution >= 0.6 is 27.5 Å². The van der Waals surface area contributed by atoms with Crippen molar-refractivity contribution in [1.82, 2.24) is 4.90 Å². The molecule has 0 heterocycles. The van der Waals surface area contributed by atoms with Gasteiger partial charge in [-0.15, -0.1) is 0 Å². The summed E-state index contributed by atoms with van der Waals surface area (Å²) in [5, 5.41) is 0.456. The van der Waals surface area contributed by atoms with E-state index in [2.05, 4.69) is 15.9 Å². The molecule has 0 spiro atoms. The van der Waals surface area contributed by atoms with Gasteiger partial charge in [0.15, 0.2) is 6.61 Å². The van der Waals surface area contributed by atoms with Gasteiger partial charge in [-0.05, 0) is 18.2 Å². The Morgan fingerprint density at radius 1 is 1.24 bits per heavy atom. The summed E-state index contributed by atoms with van der Waals surface area (Å²) in [6, 6.07) is 5.24. The zero-order chi connectivity index (χ0) is 15.7. The molecule has 1 amide bonds. The third-order valence-corrected chi connectivity index (χ3v) is 3.52. The highest BCUT2D eigenvalue weighted by Gasteiger charge is 2.14. The van der Waals surface area contributed by atoms with Gasteiger partial charge in [0.05, 0.1) is 18.2 Å². The number of rotatable bonds is 9. The molecular weight excluding hydrogens is 362 g/mol. The van der Waals surface area contributed by atoms with Gasteiger partial charge in [-0.2, -0.15) is 0 Å². The normalized spacial score (nSPS) is 10.5. The maximum absolute atomic E-state index is 12.1. The van der Waals surface area contributed by atoms with E-state index in [1.54, 1.807) is 37.3 Å². The molecule has 0 aliphatic carbocycles. The molecule has 21 heavy (non-hydrogen) atoms. The smallest absolute Gasteiger partial charge is 0.260 e. The average molecular weight is 381 g/mol. The lowest BCUT2D eigenvalue weighted by atomic mass is 10.3. The van der Waals surface area contributed by atoms with Gasteiger partial charge in [0.2, 0.25) is 0 Å². The molecule has 5 nitrogen and oxygen atoms in total. The van der Waals surface area contributed by atoms with Crippen LogP contribution in [-0.2, 0) is 14.3 Å². The Bertz CT molecular complexity index is 451. The maximum atomic E-state index is 12.1. The van der Waals surface area contributed by atoms with Crippen LogP contribution in [0.15, 0.2) is 22.7 Å². The quantitative estimate of drug-likeness (QED) is 0.661. The summed E-state index contributed by atoms with van der Waals surface area (Å²) >= 11 is 9.35. The summed E-state index contributed by atoms with van der Waals surface area (Å²) in [6.07, 6.45) is 0. The monoisotopic (exact) mass is 379 g/mol. The van der Waals surface area contributed by atoms with Crippen molar-refractivity contribution in [2.75, 3.05) is 47.1 Å². The molecule has 118 valence electrons. The van der Waals surface area contributed by atoms with Gasteiger partial charge in [-0.3, -0.25) is 4.79 Å². The van der Waals surface area contributed by atoms with E-state index in [9.17, 15) is 4.79 Å². The molecule has 0 aliphatic rings. The minimum atomic E-state index is -0.136. The van der Waals surface area contributed by atoms with Crippen LogP contribution in [0.4, 0.5) is 0 Å². The van der Waals surface area contributed by atoms with E-state index in [0.717, 1.165) is 4.47 Å². The third-order valence-electron chi connectivity index (χ3n) is 2.73. The van der Waals surface area contributed by atoms with Crippen molar-refractivity contribution in [2.45, 2.75) is 0 Å². The highest BCUT2D eigenvalue weighted by molar-refractivity contribution is 9.10. The molecule has 1 aromatic rings. The van der Waals surface area contributed by atoms with E-state index in [-0.39, 0.29) is 12.5 Å². The minimum absolute atomic E-state index is 0.0746. The predicted octanol–water partition coefficient (Wildman–Crippen LogP) is 2.60. The molecule has 0 radical (unpaired) electrons. The van der Waals surface area contributed by atoms with Crippen LogP contribution in [0, 0.1) is 0 Å². The largest absolute Gasteiger partial charge is 0.482 e. The van der Waals surface area contributed by atoms with E-state index in [0.29, 0.717) is 37.1 Å². The fourth-order valence-electron chi connectivity index (χ4n) is 1.59. The number of halogens is 2. The molecule has 0 N–H and O–H groups in total. The highest BCUT2D eigenvalue weighted by Crippen LogP contribution is 2.27. The Kier molecular flexibility index (Phi) is 8.68. The van der Waals surface area contributed by atoms with Crippen LogP contribution in [0.2, 0.25) is 5.02 Å². The van der Waals surface area contributed by atoms with Crippen LogP contribution in [-0.4, -0.2) is 57.9 Å². The molecule has 1 rings (SSSR count). The van der Waals surface area contributed by atoms with Crippen LogP contribution in [0.3, 0.4) is 0 Å². The summed E-state index contributed by atoms with van der Waals surface area (Å²) in [4.78, 5) is 13.8. The van der Waals surface area contributed by atoms with Gasteiger partial charge < -0.3 is 19.1 Å². The van der Waals surface area contributed by atoms with Gasteiger partial charge in [0.25, 0.3) is 5.91 Å². The van der Waals surface area contributed by atoms with E-state index < -0.39 is 0 Å². The van der Waals surface area contributed by atoms with E-state index in [1.165, 1.54) is 0 Å². The number of ether oxygens (including phenoxy) is 3. The van der Waals surface area contributed by atoms with E-state index >= 15 is 0 Å². The molecule has 0 atom stereocenters. The molecule has 0 fully saturated rings. The second-order valence-electron chi connectivity index (χ2n) is 4.23. The second kappa shape index (κ2) is 10.00. The van der Waals surface area contributed by atoms with Crippen molar-refractivity contribution in [3.8, 4) is 5.75 Å². The molecule has 0 saturated carbocycles. The van der Waals surface area contributed by atoms with E-state index in [4.69, 9.17) is 25.8 Å². The van der Waals surface area contributed by atoms with Gasteiger partial charge in [0.1, 0.15) is 5.75 Å². The molecule has 0 saturated heterocycles.